The average Bonchev–Trinajstić information content (AvgIpc) is 2.88. The first-order valence-corrected chi connectivity index (χ1v) is 13.9. The minimum absolute atomic E-state index is 0.0162. The zero-order valence-corrected chi connectivity index (χ0v) is 21.7. The Bertz CT molecular complexity index is 1610. The number of para-hydroxylation sites is 1. The first-order chi connectivity index (χ1) is 17.7. The normalized spacial score (nSPS) is 13.5. The van der Waals surface area contributed by atoms with E-state index in [1.54, 1.807) is 30.3 Å². The van der Waals surface area contributed by atoms with Crippen LogP contribution in [0.3, 0.4) is 0 Å². The van der Waals surface area contributed by atoms with E-state index in [2.05, 4.69) is 15.3 Å². The molecule has 10 heteroatoms. The van der Waals surface area contributed by atoms with E-state index in [9.17, 15) is 17.6 Å². The maximum atomic E-state index is 13.6. The molecule has 188 valence electrons. The maximum absolute atomic E-state index is 13.6. The summed E-state index contributed by atoms with van der Waals surface area (Å²) in [5.41, 5.74) is 4.80. The van der Waals surface area contributed by atoms with Crippen molar-refractivity contribution in [1.82, 2.24) is 9.97 Å². The molecule has 1 aliphatic heterocycles. The lowest BCUT2D eigenvalue weighted by molar-refractivity contribution is -0.113. The molecule has 0 radical (unpaired) electrons. The van der Waals surface area contributed by atoms with Crippen LogP contribution < -0.4 is 9.62 Å². The number of aryl methyl sites for hydroxylation is 2. The van der Waals surface area contributed by atoms with Crippen molar-refractivity contribution in [2.75, 3.05) is 15.4 Å². The number of benzene rings is 3. The summed E-state index contributed by atoms with van der Waals surface area (Å²) >= 11 is 1.13. The number of aromatic nitrogens is 2. The van der Waals surface area contributed by atoms with Crippen LogP contribution in [0.2, 0.25) is 0 Å². The average molecular weight is 535 g/mol. The summed E-state index contributed by atoms with van der Waals surface area (Å²) in [7, 11) is -3.98. The molecule has 0 bridgehead atoms. The Balaban J connectivity index is 1.40. The number of nitrogens with zero attached hydrogens (tertiary/aromatic N) is 3. The van der Waals surface area contributed by atoms with Gasteiger partial charge in [0.15, 0.2) is 5.16 Å². The number of fused-ring (bicyclic) bond motifs is 3. The van der Waals surface area contributed by atoms with Crippen molar-refractivity contribution in [3.63, 3.8) is 0 Å². The summed E-state index contributed by atoms with van der Waals surface area (Å²) in [6.07, 6.45) is 1.29. The number of carbonyl (C=O) groups excluding carboxylic acids is 1. The van der Waals surface area contributed by atoms with Crippen LogP contribution in [-0.2, 0) is 21.4 Å². The molecule has 1 aliphatic rings. The Morgan fingerprint density at radius 2 is 1.81 bits per heavy atom. The molecule has 1 amide bonds. The van der Waals surface area contributed by atoms with Crippen molar-refractivity contribution in [3.8, 4) is 11.3 Å². The summed E-state index contributed by atoms with van der Waals surface area (Å²) in [5, 5.41) is 3.20. The van der Waals surface area contributed by atoms with Crippen molar-refractivity contribution in [2.24, 2.45) is 0 Å². The van der Waals surface area contributed by atoms with Gasteiger partial charge in [-0.15, -0.1) is 0 Å². The van der Waals surface area contributed by atoms with Gasteiger partial charge < -0.3 is 5.32 Å². The van der Waals surface area contributed by atoms with Gasteiger partial charge in [0, 0.05) is 11.3 Å². The van der Waals surface area contributed by atoms with E-state index in [4.69, 9.17) is 0 Å². The first-order valence-electron chi connectivity index (χ1n) is 11.5. The van der Waals surface area contributed by atoms with E-state index in [1.807, 2.05) is 38.1 Å². The second-order valence-corrected chi connectivity index (χ2v) is 11.4. The van der Waals surface area contributed by atoms with Gasteiger partial charge in [-0.3, -0.25) is 9.10 Å². The lowest BCUT2D eigenvalue weighted by Gasteiger charge is -2.31. The number of hydrogen-bond acceptors (Lipinski definition) is 6. The van der Waals surface area contributed by atoms with E-state index in [-0.39, 0.29) is 23.1 Å². The summed E-state index contributed by atoms with van der Waals surface area (Å²) in [5.74, 6) is -0.535. The molecular weight excluding hydrogens is 511 g/mol. The Hall–Kier alpha value is -3.76. The van der Waals surface area contributed by atoms with Crippen LogP contribution in [0.4, 0.5) is 15.8 Å². The molecule has 2 heterocycles. The smallest absolute Gasteiger partial charge is 0.268 e. The number of thioether (sulfide) groups is 1. The number of rotatable bonds is 6. The van der Waals surface area contributed by atoms with Gasteiger partial charge in [0.05, 0.1) is 29.9 Å². The molecular formula is C27H23FN4O3S2. The second kappa shape index (κ2) is 9.95. The summed E-state index contributed by atoms with van der Waals surface area (Å²) in [4.78, 5) is 21.3. The molecule has 0 atom stereocenters. The molecule has 1 aromatic heterocycles. The highest BCUT2D eigenvalue weighted by atomic mass is 32.2. The van der Waals surface area contributed by atoms with Crippen molar-refractivity contribution in [1.29, 1.82) is 0 Å². The van der Waals surface area contributed by atoms with Crippen LogP contribution in [0.1, 0.15) is 16.7 Å². The van der Waals surface area contributed by atoms with E-state index in [1.165, 1.54) is 22.6 Å². The third-order valence-electron chi connectivity index (χ3n) is 5.97. The predicted octanol–water partition coefficient (Wildman–Crippen LogP) is 5.34. The standard InChI is InChI=1S/C27H23FN4O3S2/c1-17-7-8-18(2)22(13-17)30-25(33)16-36-27-29-14-24-26(31-27)21-5-3-4-6-23(21)32(37(24,34)35)15-19-9-11-20(28)12-10-19/h3-14H,15-16H2,1-2H3,(H,30,33). The highest BCUT2D eigenvalue weighted by Gasteiger charge is 2.36. The van der Waals surface area contributed by atoms with Crippen LogP contribution >= 0.6 is 11.8 Å². The second-order valence-electron chi connectivity index (χ2n) is 8.68. The third-order valence-corrected chi connectivity index (χ3v) is 8.59. The number of halogens is 1. The highest BCUT2D eigenvalue weighted by molar-refractivity contribution is 7.99. The lowest BCUT2D eigenvalue weighted by atomic mass is 10.1. The van der Waals surface area contributed by atoms with Gasteiger partial charge in [0.2, 0.25) is 5.91 Å². The molecule has 4 aromatic rings. The SMILES string of the molecule is Cc1ccc(C)c(NC(=O)CSc2ncc3c(n2)-c2ccccc2N(Cc2ccc(F)cc2)S3(=O)=O)c1. The molecule has 0 fully saturated rings. The predicted molar refractivity (Wildman–Crippen MR) is 143 cm³/mol. The van der Waals surface area contributed by atoms with E-state index in [0.717, 1.165) is 28.6 Å². The van der Waals surface area contributed by atoms with E-state index < -0.39 is 15.8 Å². The molecule has 0 unspecified atom stereocenters. The fourth-order valence-corrected chi connectivity index (χ4v) is 6.23. The third kappa shape index (κ3) is 5.07. The summed E-state index contributed by atoms with van der Waals surface area (Å²) in [6, 6.07) is 18.6. The van der Waals surface area contributed by atoms with Gasteiger partial charge in [-0.2, -0.15) is 0 Å². The van der Waals surface area contributed by atoms with Crippen LogP contribution in [0.25, 0.3) is 11.3 Å². The first kappa shape index (κ1) is 24.9. The molecule has 0 aliphatic carbocycles. The highest BCUT2D eigenvalue weighted by Crippen LogP contribution is 2.42. The number of anilines is 2. The number of hydrogen-bond donors (Lipinski definition) is 1. The molecule has 7 nitrogen and oxygen atoms in total. The van der Waals surface area contributed by atoms with Crippen LogP contribution in [0.5, 0.6) is 0 Å². The lowest BCUT2D eigenvalue weighted by Crippen LogP contribution is -2.34. The number of carbonyl (C=O) groups is 1. The van der Waals surface area contributed by atoms with E-state index in [0.29, 0.717) is 27.7 Å². The van der Waals surface area contributed by atoms with Gasteiger partial charge >= 0.3 is 0 Å². The minimum Gasteiger partial charge on any atom is -0.325 e. The van der Waals surface area contributed by atoms with Gasteiger partial charge in [0.1, 0.15) is 10.7 Å². The molecule has 0 saturated heterocycles. The van der Waals surface area contributed by atoms with Crippen LogP contribution in [-0.4, -0.2) is 30.0 Å². The molecule has 3 aromatic carbocycles. The van der Waals surface area contributed by atoms with Crippen molar-refractivity contribution in [2.45, 2.75) is 30.4 Å². The molecule has 5 rings (SSSR count). The summed E-state index contributed by atoms with van der Waals surface area (Å²) in [6.45, 7) is 3.91. The zero-order valence-electron chi connectivity index (χ0n) is 20.1. The maximum Gasteiger partial charge on any atom is 0.268 e. The van der Waals surface area contributed by atoms with Crippen LogP contribution in [0.15, 0.2) is 83.0 Å². The van der Waals surface area contributed by atoms with Gasteiger partial charge in [0.25, 0.3) is 10.0 Å². The number of amides is 1. The fourth-order valence-electron chi connectivity index (χ4n) is 4.06. The summed E-state index contributed by atoms with van der Waals surface area (Å²) < 4.78 is 41.8. The van der Waals surface area contributed by atoms with Gasteiger partial charge in [-0.1, -0.05) is 54.2 Å². The van der Waals surface area contributed by atoms with Crippen molar-refractivity contribution < 1.29 is 17.6 Å². The monoisotopic (exact) mass is 534 g/mol. The topological polar surface area (TPSA) is 92.3 Å². The van der Waals surface area contributed by atoms with Crippen molar-refractivity contribution >= 4 is 39.1 Å². The minimum atomic E-state index is -3.98. The molecule has 0 saturated carbocycles. The Morgan fingerprint density at radius 3 is 2.59 bits per heavy atom. The zero-order chi connectivity index (χ0) is 26.2. The Morgan fingerprint density at radius 1 is 1.05 bits per heavy atom. The van der Waals surface area contributed by atoms with E-state index >= 15 is 0 Å². The van der Waals surface area contributed by atoms with Crippen molar-refractivity contribution in [3.05, 3.63) is 95.4 Å². The number of nitrogens with one attached hydrogen (secondary N) is 1. The Labute approximate surface area is 218 Å². The van der Waals surface area contributed by atoms with Gasteiger partial charge in [-0.05, 0) is 54.8 Å². The van der Waals surface area contributed by atoms with Gasteiger partial charge in [-0.25, -0.2) is 22.8 Å². The fraction of sp³-hybridized carbons (Fsp3) is 0.148. The Kier molecular flexibility index (Phi) is 6.70. The number of sulfonamides is 1. The molecule has 37 heavy (non-hydrogen) atoms. The quantitative estimate of drug-likeness (QED) is 0.265. The molecule has 1 N–H and O–H groups in total. The largest absolute Gasteiger partial charge is 0.325 e. The molecule has 0 spiro atoms. The van der Waals surface area contributed by atoms with Crippen LogP contribution in [0, 0.1) is 19.7 Å².